The fourth-order valence-corrected chi connectivity index (χ4v) is 3.37. The molecule has 122 valence electrons. The van der Waals surface area contributed by atoms with Gasteiger partial charge < -0.3 is 14.5 Å². The highest BCUT2D eigenvalue weighted by atomic mass is 16.5. The van der Waals surface area contributed by atoms with Crippen molar-refractivity contribution in [3.63, 3.8) is 0 Å². The quantitative estimate of drug-likeness (QED) is 0.937. The number of fused-ring (bicyclic) bond motifs is 1. The number of nitrogens with one attached hydrogen (secondary N) is 1. The Balaban J connectivity index is 1.50. The minimum absolute atomic E-state index is 0.242. The largest absolute Gasteiger partial charge is 0.448 e. The van der Waals surface area contributed by atoms with Crippen LogP contribution in [0.25, 0.3) is 0 Å². The lowest BCUT2D eigenvalue weighted by molar-refractivity contribution is 0.0794. The van der Waals surface area contributed by atoms with Gasteiger partial charge in [0.05, 0.1) is 5.69 Å². The summed E-state index contributed by atoms with van der Waals surface area (Å²) in [4.78, 5) is 16.8. The standard InChI is InChI=1S/C16H20N4O3/c1-20-14(11-3-2-4-12(11)19-20)18-15(21)13-9-23-16(17-13)10-5-7-22-8-6-10/h9-10H,2-8H2,1H3,(H,18,21). The van der Waals surface area contributed by atoms with Crippen molar-refractivity contribution in [2.45, 2.75) is 38.0 Å². The van der Waals surface area contributed by atoms with Crippen LogP contribution in [0.4, 0.5) is 5.82 Å². The molecule has 1 saturated heterocycles. The van der Waals surface area contributed by atoms with Crippen LogP contribution in [0.5, 0.6) is 0 Å². The van der Waals surface area contributed by atoms with Crippen molar-refractivity contribution in [1.29, 1.82) is 0 Å². The molecule has 7 heteroatoms. The molecule has 7 nitrogen and oxygen atoms in total. The molecule has 0 saturated carbocycles. The monoisotopic (exact) mass is 316 g/mol. The summed E-state index contributed by atoms with van der Waals surface area (Å²) in [5.41, 5.74) is 2.55. The number of carbonyl (C=O) groups is 1. The fourth-order valence-electron chi connectivity index (χ4n) is 3.37. The van der Waals surface area contributed by atoms with Gasteiger partial charge in [-0.3, -0.25) is 9.48 Å². The highest BCUT2D eigenvalue weighted by Gasteiger charge is 2.25. The molecule has 2 aromatic rings. The number of hydrogen-bond donors (Lipinski definition) is 1. The van der Waals surface area contributed by atoms with Gasteiger partial charge in [-0.05, 0) is 32.1 Å². The average Bonchev–Trinajstić information content (AvgIpc) is 3.27. The minimum Gasteiger partial charge on any atom is -0.448 e. The Bertz CT molecular complexity index is 728. The second-order valence-electron chi connectivity index (χ2n) is 6.16. The van der Waals surface area contributed by atoms with Crippen molar-refractivity contribution in [2.75, 3.05) is 18.5 Å². The Morgan fingerprint density at radius 1 is 1.35 bits per heavy atom. The van der Waals surface area contributed by atoms with Crippen LogP contribution in [0.2, 0.25) is 0 Å². The molecule has 0 aromatic carbocycles. The van der Waals surface area contributed by atoms with Crippen molar-refractivity contribution in [3.8, 4) is 0 Å². The van der Waals surface area contributed by atoms with Crippen LogP contribution in [0, 0.1) is 0 Å². The first-order valence-corrected chi connectivity index (χ1v) is 8.11. The molecule has 4 rings (SSSR count). The highest BCUT2D eigenvalue weighted by molar-refractivity contribution is 6.02. The maximum Gasteiger partial charge on any atom is 0.278 e. The van der Waals surface area contributed by atoms with Gasteiger partial charge in [-0.25, -0.2) is 4.98 Å². The lowest BCUT2D eigenvalue weighted by atomic mass is 10.0. The Hall–Kier alpha value is -2.15. The van der Waals surface area contributed by atoms with Crippen LogP contribution in [0.3, 0.4) is 0 Å². The molecule has 3 heterocycles. The number of aryl methyl sites for hydroxylation is 2. The van der Waals surface area contributed by atoms with E-state index >= 15 is 0 Å². The number of hydrogen-bond acceptors (Lipinski definition) is 5. The van der Waals surface area contributed by atoms with E-state index in [0.717, 1.165) is 62.4 Å². The molecule has 2 aromatic heterocycles. The Kier molecular flexibility index (Phi) is 3.65. The van der Waals surface area contributed by atoms with Gasteiger partial charge in [0.2, 0.25) is 0 Å². The highest BCUT2D eigenvalue weighted by Crippen LogP contribution is 2.29. The Morgan fingerprint density at radius 3 is 3.00 bits per heavy atom. The Morgan fingerprint density at radius 2 is 2.17 bits per heavy atom. The zero-order chi connectivity index (χ0) is 15.8. The molecule has 0 radical (unpaired) electrons. The normalized spacial score (nSPS) is 18.1. The number of anilines is 1. The summed E-state index contributed by atoms with van der Waals surface area (Å²) in [6.07, 6.45) is 6.26. The summed E-state index contributed by atoms with van der Waals surface area (Å²) >= 11 is 0. The lowest BCUT2D eigenvalue weighted by Crippen LogP contribution is -2.17. The van der Waals surface area contributed by atoms with E-state index in [2.05, 4.69) is 15.4 Å². The van der Waals surface area contributed by atoms with Gasteiger partial charge in [0.25, 0.3) is 5.91 Å². The lowest BCUT2D eigenvalue weighted by Gasteiger charge is -2.18. The van der Waals surface area contributed by atoms with Gasteiger partial charge in [-0.1, -0.05) is 0 Å². The van der Waals surface area contributed by atoms with Crippen molar-refractivity contribution in [2.24, 2.45) is 7.05 Å². The summed E-state index contributed by atoms with van der Waals surface area (Å²) in [6.45, 7) is 1.44. The third kappa shape index (κ3) is 2.65. The second-order valence-corrected chi connectivity index (χ2v) is 6.16. The number of ether oxygens (including phenoxy) is 1. The smallest absolute Gasteiger partial charge is 0.278 e. The summed E-state index contributed by atoms with van der Waals surface area (Å²) in [6, 6.07) is 0. The van der Waals surface area contributed by atoms with Gasteiger partial charge in [0.15, 0.2) is 11.6 Å². The third-order valence-corrected chi connectivity index (χ3v) is 4.63. The summed E-state index contributed by atoms with van der Waals surface area (Å²) in [7, 11) is 1.85. The molecule has 1 aliphatic carbocycles. The average molecular weight is 316 g/mol. The topological polar surface area (TPSA) is 82.2 Å². The van der Waals surface area contributed by atoms with Crippen LogP contribution >= 0.6 is 0 Å². The van der Waals surface area contributed by atoms with E-state index in [1.54, 1.807) is 4.68 Å². The predicted molar refractivity (Wildman–Crippen MR) is 82.5 cm³/mol. The molecule has 1 N–H and O–H groups in total. The van der Waals surface area contributed by atoms with E-state index in [1.165, 1.54) is 6.26 Å². The summed E-state index contributed by atoms with van der Waals surface area (Å²) in [5, 5.41) is 7.40. The number of aromatic nitrogens is 3. The van der Waals surface area contributed by atoms with Gasteiger partial charge in [0.1, 0.15) is 12.1 Å². The third-order valence-electron chi connectivity index (χ3n) is 4.63. The van der Waals surface area contributed by atoms with Crippen LogP contribution in [-0.4, -0.2) is 33.9 Å². The van der Waals surface area contributed by atoms with Crippen molar-refractivity contribution in [1.82, 2.24) is 14.8 Å². The predicted octanol–water partition coefficient (Wildman–Crippen LogP) is 2.04. The molecule has 23 heavy (non-hydrogen) atoms. The first-order valence-electron chi connectivity index (χ1n) is 8.11. The maximum absolute atomic E-state index is 12.5. The summed E-state index contributed by atoms with van der Waals surface area (Å²) in [5.74, 6) is 1.41. The molecule has 2 aliphatic rings. The molecular formula is C16H20N4O3. The van der Waals surface area contributed by atoms with E-state index in [9.17, 15) is 4.79 Å². The van der Waals surface area contributed by atoms with Crippen molar-refractivity contribution < 1.29 is 13.9 Å². The Labute approximate surface area is 134 Å². The van der Waals surface area contributed by atoms with Crippen molar-refractivity contribution >= 4 is 11.7 Å². The van der Waals surface area contributed by atoms with Gasteiger partial charge >= 0.3 is 0 Å². The van der Waals surface area contributed by atoms with E-state index in [-0.39, 0.29) is 11.8 Å². The van der Waals surface area contributed by atoms with Gasteiger partial charge in [0, 0.05) is 31.7 Å². The van der Waals surface area contributed by atoms with Crippen LogP contribution in [0.1, 0.15) is 52.8 Å². The zero-order valence-corrected chi connectivity index (χ0v) is 13.2. The molecular weight excluding hydrogens is 296 g/mol. The zero-order valence-electron chi connectivity index (χ0n) is 13.2. The summed E-state index contributed by atoms with van der Waals surface area (Å²) < 4.78 is 12.6. The van der Waals surface area contributed by atoms with Gasteiger partial charge in [-0.2, -0.15) is 5.10 Å². The first kappa shape index (κ1) is 14.4. The fraction of sp³-hybridized carbons (Fsp3) is 0.562. The van der Waals surface area contributed by atoms with E-state index < -0.39 is 0 Å². The number of carbonyl (C=O) groups excluding carboxylic acids is 1. The molecule has 0 bridgehead atoms. The number of nitrogens with zero attached hydrogens (tertiary/aromatic N) is 3. The van der Waals surface area contributed by atoms with Crippen LogP contribution < -0.4 is 5.32 Å². The van der Waals surface area contributed by atoms with E-state index in [0.29, 0.717) is 11.6 Å². The van der Waals surface area contributed by atoms with Gasteiger partial charge in [-0.15, -0.1) is 0 Å². The number of oxazole rings is 1. The van der Waals surface area contributed by atoms with Crippen LogP contribution in [-0.2, 0) is 24.6 Å². The SMILES string of the molecule is Cn1nc2c(c1NC(=O)c1coc(C3CCOCC3)n1)CCC2. The second kappa shape index (κ2) is 5.81. The molecule has 1 amide bonds. The minimum atomic E-state index is -0.246. The van der Waals surface area contributed by atoms with E-state index in [1.807, 2.05) is 7.05 Å². The molecule has 1 fully saturated rings. The first-order chi connectivity index (χ1) is 11.2. The van der Waals surface area contributed by atoms with Crippen molar-refractivity contribution in [3.05, 3.63) is 29.1 Å². The molecule has 1 aliphatic heterocycles. The maximum atomic E-state index is 12.5. The van der Waals surface area contributed by atoms with E-state index in [4.69, 9.17) is 9.15 Å². The molecule has 0 unspecified atom stereocenters. The molecule has 0 atom stereocenters. The molecule has 0 spiro atoms. The number of amides is 1. The van der Waals surface area contributed by atoms with Crippen LogP contribution in [0.15, 0.2) is 10.7 Å². The number of rotatable bonds is 3.